The Kier molecular flexibility index (Phi) is 6.85. The molecule has 0 saturated heterocycles. The SMILES string of the molecule is c1ccc(-c2ccc(C3=NC(c4ccc5ccccc5c4)=NC(c4cccc5oc6cc(-c7ccc8c(c7)oc7ccccc78)ccc6c45)N3)cc2)cc1. The van der Waals surface area contributed by atoms with Crippen LogP contribution in [0.2, 0.25) is 0 Å². The lowest BCUT2D eigenvalue weighted by atomic mass is 9.99. The maximum absolute atomic E-state index is 6.58. The summed E-state index contributed by atoms with van der Waals surface area (Å²) < 4.78 is 12.8. The van der Waals surface area contributed by atoms with Crippen molar-refractivity contribution < 1.29 is 8.83 Å². The fourth-order valence-electron chi connectivity index (χ4n) is 7.83. The predicted octanol–water partition coefficient (Wildman–Crippen LogP) is 12.5. The fourth-order valence-corrected chi connectivity index (χ4v) is 7.83. The van der Waals surface area contributed by atoms with Crippen LogP contribution in [0.5, 0.6) is 0 Å². The van der Waals surface area contributed by atoms with E-state index in [9.17, 15) is 0 Å². The molecule has 1 aliphatic rings. The highest BCUT2D eigenvalue weighted by atomic mass is 16.3. The summed E-state index contributed by atoms with van der Waals surface area (Å²) in [5.41, 5.74) is 10.8. The van der Waals surface area contributed by atoms with Crippen LogP contribution in [0.15, 0.2) is 195 Å². The maximum atomic E-state index is 6.58. The summed E-state index contributed by atoms with van der Waals surface area (Å²) >= 11 is 0. The van der Waals surface area contributed by atoms with E-state index in [1.165, 1.54) is 10.9 Å². The number of aliphatic imine (C=N–C) groups is 2. The van der Waals surface area contributed by atoms with Crippen LogP contribution >= 0.6 is 0 Å². The highest BCUT2D eigenvalue weighted by Crippen LogP contribution is 2.39. The van der Waals surface area contributed by atoms with Crippen molar-refractivity contribution in [2.24, 2.45) is 9.98 Å². The molecule has 0 radical (unpaired) electrons. The van der Waals surface area contributed by atoms with Crippen molar-refractivity contribution in [3.8, 4) is 22.3 Å². The maximum Gasteiger partial charge on any atom is 0.159 e. The molecule has 2 aromatic heterocycles. The molecule has 0 amide bonds. The van der Waals surface area contributed by atoms with Crippen LogP contribution in [-0.2, 0) is 0 Å². The Morgan fingerprint density at radius 2 is 1.02 bits per heavy atom. The van der Waals surface area contributed by atoms with E-state index in [1.807, 2.05) is 36.4 Å². The number of nitrogens with one attached hydrogen (secondary N) is 1. The summed E-state index contributed by atoms with van der Waals surface area (Å²) in [7, 11) is 0. The molecule has 10 aromatic rings. The van der Waals surface area contributed by atoms with Crippen molar-refractivity contribution in [3.05, 3.63) is 193 Å². The molecular weight excluding hydrogens is 663 g/mol. The number of fused-ring (bicyclic) bond motifs is 7. The topological polar surface area (TPSA) is 63.0 Å². The second-order valence-electron chi connectivity index (χ2n) is 13.8. The minimum Gasteiger partial charge on any atom is -0.456 e. The Hall–Kier alpha value is -7.24. The first-order chi connectivity index (χ1) is 26.7. The van der Waals surface area contributed by atoms with Gasteiger partial charge in [0.1, 0.15) is 34.3 Å². The van der Waals surface area contributed by atoms with Gasteiger partial charge in [0.05, 0.1) is 0 Å². The number of rotatable bonds is 5. The number of furan rings is 2. The van der Waals surface area contributed by atoms with E-state index in [2.05, 4.69) is 145 Å². The second kappa shape index (κ2) is 12.2. The summed E-state index contributed by atoms with van der Waals surface area (Å²) in [5, 5.41) is 10.3. The summed E-state index contributed by atoms with van der Waals surface area (Å²) in [6.45, 7) is 0. The smallest absolute Gasteiger partial charge is 0.159 e. The van der Waals surface area contributed by atoms with Crippen LogP contribution in [0.25, 0.3) is 76.9 Å². The van der Waals surface area contributed by atoms with Crippen molar-refractivity contribution >= 4 is 66.3 Å². The van der Waals surface area contributed by atoms with Crippen LogP contribution < -0.4 is 5.32 Å². The Bertz CT molecular complexity index is 3130. The standard InChI is InChI=1S/C49H31N3O2/c1-2-9-30(10-3-1)32-17-20-33(21-18-32)47-50-48(37-22-19-31-11-4-5-12-34(31)27-37)52-49(51-47)41-14-8-16-43-46(41)40-26-24-36(29-45(40)54-43)35-23-25-39-38-13-6-7-15-42(38)53-44(39)28-35/h1-29,49H,(H,50,51,52). The zero-order valence-corrected chi connectivity index (χ0v) is 29.0. The zero-order chi connectivity index (χ0) is 35.6. The number of benzene rings is 8. The quantitative estimate of drug-likeness (QED) is 0.195. The monoisotopic (exact) mass is 693 g/mol. The normalized spacial score (nSPS) is 14.5. The number of amidine groups is 2. The Morgan fingerprint density at radius 3 is 1.87 bits per heavy atom. The highest BCUT2D eigenvalue weighted by Gasteiger charge is 2.25. The molecule has 0 fully saturated rings. The summed E-state index contributed by atoms with van der Waals surface area (Å²) in [6, 6.07) is 61.1. The molecule has 8 aromatic carbocycles. The van der Waals surface area contributed by atoms with Crippen LogP contribution in [-0.4, -0.2) is 11.7 Å². The average molecular weight is 694 g/mol. The van der Waals surface area contributed by atoms with Crippen molar-refractivity contribution in [1.29, 1.82) is 0 Å². The molecule has 0 bridgehead atoms. The third-order valence-electron chi connectivity index (χ3n) is 10.6. The Morgan fingerprint density at radius 1 is 0.407 bits per heavy atom. The lowest BCUT2D eigenvalue weighted by Gasteiger charge is -2.24. The van der Waals surface area contributed by atoms with Crippen LogP contribution in [0.3, 0.4) is 0 Å². The second-order valence-corrected chi connectivity index (χ2v) is 13.8. The molecule has 11 rings (SSSR count). The van der Waals surface area contributed by atoms with E-state index < -0.39 is 6.17 Å². The summed E-state index contributed by atoms with van der Waals surface area (Å²) in [4.78, 5) is 10.4. The molecule has 254 valence electrons. The molecule has 0 aliphatic carbocycles. The molecular formula is C49H31N3O2. The third kappa shape index (κ3) is 5.09. The van der Waals surface area contributed by atoms with Crippen LogP contribution in [0.4, 0.5) is 0 Å². The van der Waals surface area contributed by atoms with E-state index in [0.717, 1.165) is 88.5 Å². The molecule has 54 heavy (non-hydrogen) atoms. The van der Waals surface area contributed by atoms with Gasteiger partial charge in [0.25, 0.3) is 0 Å². The zero-order valence-electron chi connectivity index (χ0n) is 29.0. The van der Waals surface area contributed by atoms with E-state index in [-0.39, 0.29) is 0 Å². The molecule has 0 saturated carbocycles. The van der Waals surface area contributed by atoms with Crippen molar-refractivity contribution in [3.63, 3.8) is 0 Å². The lowest BCUT2D eigenvalue weighted by Crippen LogP contribution is -2.33. The van der Waals surface area contributed by atoms with Gasteiger partial charge in [-0.25, -0.2) is 9.98 Å². The van der Waals surface area contributed by atoms with Gasteiger partial charge in [0.2, 0.25) is 0 Å². The van der Waals surface area contributed by atoms with Crippen LogP contribution in [0, 0.1) is 0 Å². The molecule has 1 aliphatic heterocycles. The van der Waals surface area contributed by atoms with Crippen molar-refractivity contribution in [1.82, 2.24) is 5.32 Å². The molecule has 5 heteroatoms. The van der Waals surface area contributed by atoms with Gasteiger partial charge in [-0.3, -0.25) is 0 Å². The highest BCUT2D eigenvalue weighted by molar-refractivity contribution is 6.15. The largest absolute Gasteiger partial charge is 0.456 e. The number of hydrogen-bond donors (Lipinski definition) is 1. The molecule has 0 spiro atoms. The number of nitrogens with zero attached hydrogens (tertiary/aromatic N) is 2. The van der Waals surface area contributed by atoms with Crippen LogP contribution in [0.1, 0.15) is 22.9 Å². The van der Waals surface area contributed by atoms with Gasteiger partial charge in [0.15, 0.2) is 5.84 Å². The Balaban J connectivity index is 1.01. The lowest BCUT2D eigenvalue weighted by molar-refractivity contribution is 0.662. The van der Waals surface area contributed by atoms with E-state index in [0.29, 0.717) is 5.84 Å². The molecule has 1 unspecified atom stereocenters. The fraction of sp³-hybridized carbons (Fsp3) is 0.0204. The minimum absolute atomic E-state index is 0.410. The molecule has 5 nitrogen and oxygen atoms in total. The number of para-hydroxylation sites is 1. The van der Waals surface area contributed by atoms with Gasteiger partial charge < -0.3 is 14.2 Å². The van der Waals surface area contributed by atoms with Gasteiger partial charge in [-0.2, -0.15) is 0 Å². The molecule has 1 N–H and O–H groups in total. The van der Waals surface area contributed by atoms with E-state index in [4.69, 9.17) is 18.8 Å². The van der Waals surface area contributed by atoms with Crippen molar-refractivity contribution in [2.75, 3.05) is 0 Å². The Labute approximate surface area is 310 Å². The van der Waals surface area contributed by atoms with E-state index in [1.54, 1.807) is 0 Å². The molecule has 3 heterocycles. The first-order valence-electron chi connectivity index (χ1n) is 18.2. The average Bonchev–Trinajstić information content (AvgIpc) is 3.81. The van der Waals surface area contributed by atoms with Gasteiger partial charge in [-0.15, -0.1) is 0 Å². The summed E-state index contributed by atoms with van der Waals surface area (Å²) in [5.74, 6) is 1.45. The third-order valence-corrected chi connectivity index (χ3v) is 10.6. The van der Waals surface area contributed by atoms with Gasteiger partial charge in [-0.1, -0.05) is 133 Å². The summed E-state index contributed by atoms with van der Waals surface area (Å²) in [6.07, 6.45) is -0.410. The first-order valence-corrected chi connectivity index (χ1v) is 18.2. The first kappa shape index (κ1) is 30.4. The molecule has 1 atom stereocenters. The van der Waals surface area contributed by atoms with Gasteiger partial charge in [0, 0.05) is 38.2 Å². The van der Waals surface area contributed by atoms with E-state index >= 15 is 0 Å². The predicted molar refractivity (Wildman–Crippen MR) is 221 cm³/mol. The van der Waals surface area contributed by atoms with Gasteiger partial charge >= 0.3 is 0 Å². The van der Waals surface area contributed by atoms with Gasteiger partial charge in [-0.05, 0) is 75.5 Å². The van der Waals surface area contributed by atoms with Crippen molar-refractivity contribution in [2.45, 2.75) is 6.17 Å². The minimum atomic E-state index is -0.410. The number of hydrogen-bond acceptors (Lipinski definition) is 5.